The van der Waals surface area contributed by atoms with E-state index in [2.05, 4.69) is 28.1 Å². The largest absolute Gasteiger partial charge is 0.495 e. The summed E-state index contributed by atoms with van der Waals surface area (Å²) >= 11 is 0. The number of carbonyl (C=O) groups is 1. The van der Waals surface area contributed by atoms with Gasteiger partial charge in [0.2, 0.25) is 0 Å². The van der Waals surface area contributed by atoms with Gasteiger partial charge in [0.25, 0.3) is 5.91 Å². The summed E-state index contributed by atoms with van der Waals surface area (Å²) in [5.74, 6) is 2.46. The first kappa shape index (κ1) is 27.3. The second-order valence-corrected chi connectivity index (χ2v) is 11.2. The van der Waals surface area contributed by atoms with Crippen molar-refractivity contribution in [3.8, 4) is 5.75 Å². The molecule has 2 aliphatic rings. The van der Waals surface area contributed by atoms with Gasteiger partial charge in [0.05, 0.1) is 23.7 Å². The van der Waals surface area contributed by atoms with Gasteiger partial charge in [0.1, 0.15) is 11.5 Å². The Balaban J connectivity index is 1.17. The summed E-state index contributed by atoms with van der Waals surface area (Å²) in [5.41, 5.74) is 2.68. The number of ether oxygens (including phenoxy) is 1. The third kappa shape index (κ3) is 5.98. The van der Waals surface area contributed by atoms with Gasteiger partial charge in [-0.25, -0.2) is 0 Å². The number of carbonyl (C=O) groups excluding carboxylic acids is 1. The fourth-order valence-corrected chi connectivity index (χ4v) is 6.12. The lowest BCUT2D eigenvalue weighted by atomic mass is 9.80. The van der Waals surface area contributed by atoms with E-state index in [1.54, 1.807) is 25.3 Å². The molecule has 1 aliphatic carbocycles. The lowest BCUT2D eigenvalue weighted by Gasteiger charge is -2.36. The maximum absolute atomic E-state index is 13.2. The maximum atomic E-state index is 13.2. The monoisotopic (exact) mass is 531 g/mol. The van der Waals surface area contributed by atoms with Crippen LogP contribution in [-0.2, 0) is 0 Å². The number of piperazine rings is 1. The lowest BCUT2D eigenvalue weighted by molar-refractivity contribution is 0.0952. The molecule has 2 fully saturated rings. The fraction of sp³-hybridized carbons (Fsp3) is 0.500. The van der Waals surface area contributed by atoms with Crippen LogP contribution in [0.25, 0.3) is 11.0 Å². The smallest absolute Gasteiger partial charge is 0.255 e. The first-order valence-corrected chi connectivity index (χ1v) is 14.4. The van der Waals surface area contributed by atoms with E-state index < -0.39 is 0 Å². The van der Waals surface area contributed by atoms with Crippen molar-refractivity contribution in [1.29, 1.82) is 0 Å². The molecule has 2 aromatic carbocycles. The zero-order valence-electron chi connectivity index (χ0n) is 23.5. The van der Waals surface area contributed by atoms with E-state index in [0.717, 1.165) is 82.0 Å². The molecule has 2 heterocycles. The van der Waals surface area contributed by atoms with Crippen LogP contribution in [0, 0.1) is 12.8 Å². The van der Waals surface area contributed by atoms with Crippen molar-refractivity contribution in [2.24, 2.45) is 5.92 Å². The van der Waals surface area contributed by atoms with Crippen LogP contribution in [0.3, 0.4) is 0 Å². The van der Waals surface area contributed by atoms with Crippen LogP contribution in [0.15, 0.2) is 51.7 Å². The van der Waals surface area contributed by atoms with Crippen LogP contribution in [0.4, 0.5) is 5.69 Å². The topological polar surface area (TPSA) is 75.0 Å². The number of nitrogens with one attached hydrogen (secondary N) is 1. The molecular weight excluding hydrogens is 490 g/mol. The molecular formula is C32H41N3O4. The predicted octanol–water partition coefficient (Wildman–Crippen LogP) is 5.35. The molecule has 0 spiro atoms. The fourth-order valence-electron chi connectivity index (χ4n) is 6.12. The molecule has 1 N–H and O–H groups in total. The molecule has 0 bridgehead atoms. The molecule has 1 saturated heterocycles. The number of nitrogens with zero attached hydrogens (tertiary/aromatic N) is 2. The minimum absolute atomic E-state index is 0.0215. The third-order valence-corrected chi connectivity index (χ3v) is 8.55. The third-order valence-electron chi connectivity index (χ3n) is 8.55. The van der Waals surface area contributed by atoms with Gasteiger partial charge in [-0.2, -0.15) is 0 Å². The minimum Gasteiger partial charge on any atom is -0.495 e. The van der Waals surface area contributed by atoms with Crippen LogP contribution < -0.4 is 20.4 Å². The summed E-state index contributed by atoms with van der Waals surface area (Å²) in [6.45, 7) is 9.49. The van der Waals surface area contributed by atoms with Crippen LogP contribution in [0.1, 0.15) is 66.6 Å². The van der Waals surface area contributed by atoms with E-state index in [9.17, 15) is 9.59 Å². The molecule has 3 aromatic rings. The van der Waals surface area contributed by atoms with E-state index in [1.807, 2.05) is 25.1 Å². The molecule has 7 nitrogen and oxygen atoms in total. The quantitative estimate of drug-likeness (QED) is 0.395. The van der Waals surface area contributed by atoms with E-state index in [0.29, 0.717) is 34.6 Å². The Kier molecular flexibility index (Phi) is 8.56. The second kappa shape index (κ2) is 12.2. The number of hydrogen-bond acceptors (Lipinski definition) is 6. The van der Waals surface area contributed by atoms with Crippen molar-refractivity contribution in [2.45, 2.75) is 51.9 Å². The van der Waals surface area contributed by atoms with Crippen molar-refractivity contribution in [2.75, 3.05) is 51.3 Å². The molecule has 0 radical (unpaired) electrons. The van der Waals surface area contributed by atoms with E-state index >= 15 is 0 Å². The van der Waals surface area contributed by atoms with Gasteiger partial charge in [-0.1, -0.05) is 38.0 Å². The number of anilines is 1. The summed E-state index contributed by atoms with van der Waals surface area (Å²) < 4.78 is 11.9. The molecule has 7 heteroatoms. The number of benzene rings is 2. The van der Waals surface area contributed by atoms with Crippen LogP contribution in [-0.4, -0.2) is 57.2 Å². The number of para-hydroxylation sites is 3. The van der Waals surface area contributed by atoms with Crippen molar-refractivity contribution in [3.05, 3.63) is 69.6 Å². The summed E-state index contributed by atoms with van der Waals surface area (Å²) in [6.07, 6.45) is 5.20. The number of hydrogen-bond donors (Lipinski definition) is 1. The summed E-state index contributed by atoms with van der Waals surface area (Å²) in [4.78, 5) is 31.2. The van der Waals surface area contributed by atoms with E-state index in [-0.39, 0.29) is 17.3 Å². The molecule has 0 atom stereocenters. The Morgan fingerprint density at radius 3 is 2.51 bits per heavy atom. The second-order valence-electron chi connectivity index (χ2n) is 11.2. The van der Waals surface area contributed by atoms with Gasteiger partial charge in [-0.15, -0.1) is 0 Å². The molecule has 1 saturated carbocycles. The zero-order valence-corrected chi connectivity index (χ0v) is 23.5. The summed E-state index contributed by atoms with van der Waals surface area (Å²) in [6, 6.07) is 13.5. The lowest BCUT2D eigenvalue weighted by Crippen LogP contribution is -2.47. The van der Waals surface area contributed by atoms with Crippen LogP contribution in [0.5, 0.6) is 5.75 Å². The highest BCUT2D eigenvalue weighted by Crippen LogP contribution is 2.37. The molecule has 5 rings (SSSR count). The maximum Gasteiger partial charge on any atom is 0.255 e. The number of methoxy groups -OCH3 is 1. The predicted molar refractivity (Wildman–Crippen MR) is 156 cm³/mol. The average Bonchev–Trinajstić information content (AvgIpc) is 2.97. The number of rotatable bonds is 8. The van der Waals surface area contributed by atoms with Crippen molar-refractivity contribution in [3.63, 3.8) is 0 Å². The van der Waals surface area contributed by atoms with Gasteiger partial charge < -0.3 is 19.4 Å². The van der Waals surface area contributed by atoms with Gasteiger partial charge in [-0.05, 0) is 62.9 Å². The zero-order chi connectivity index (χ0) is 27.4. The molecule has 0 unspecified atom stereocenters. The molecule has 39 heavy (non-hydrogen) atoms. The van der Waals surface area contributed by atoms with Crippen molar-refractivity contribution in [1.82, 2.24) is 10.2 Å². The van der Waals surface area contributed by atoms with Gasteiger partial charge in [-0.3, -0.25) is 14.5 Å². The standard InChI is InChI=1S/C32H41N3O4/c1-22-12-14-24(15-13-22)30-23(2)29(36)25-8-6-9-26(31(25)39-30)32(37)33-16-7-17-34-18-20-35(21-19-34)27-10-4-5-11-28(27)38-3/h4-6,8-11,22,24H,7,12-21H2,1-3H3,(H,33,37). The number of fused-ring (bicyclic) bond motifs is 1. The molecule has 208 valence electrons. The van der Waals surface area contributed by atoms with Gasteiger partial charge in [0.15, 0.2) is 11.0 Å². The molecule has 1 aromatic heterocycles. The Hall–Kier alpha value is -3.32. The van der Waals surface area contributed by atoms with Crippen molar-refractivity contribution >= 4 is 22.6 Å². The number of amides is 1. The van der Waals surface area contributed by atoms with Gasteiger partial charge in [0, 0.05) is 44.2 Å². The SMILES string of the molecule is COc1ccccc1N1CCN(CCCNC(=O)c2cccc3c(=O)c(C)c(C4CCC(C)CC4)oc23)CC1. The minimum atomic E-state index is -0.184. The van der Waals surface area contributed by atoms with Crippen LogP contribution >= 0.6 is 0 Å². The Bertz CT molecular complexity index is 1350. The first-order valence-electron chi connectivity index (χ1n) is 14.4. The van der Waals surface area contributed by atoms with Crippen molar-refractivity contribution < 1.29 is 13.9 Å². The summed E-state index contributed by atoms with van der Waals surface area (Å²) in [7, 11) is 1.71. The van der Waals surface area contributed by atoms with Gasteiger partial charge >= 0.3 is 0 Å². The average molecular weight is 532 g/mol. The first-order chi connectivity index (χ1) is 19.0. The Morgan fingerprint density at radius 2 is 1.77 bits per heavy atom. The molecule has 1 amide bonds. The molecule has 1 aliphatic heterocycles. The Labute approximate surface area is 231 Å². The highest BCUT2D eigenvalue weighted by Gasteiger charge is 2.26. The summed E-state index contributed by atoms with van der Waals surface area (Å²) in [5, 5.41) is 3.55. The van der Waals surface area contributed by atoms with Crippen LogP contribution in [0.2, 0.25) is 0 Å². The highest BCUT2D eigenvalue weighted by atomic mass is 16.5. The Morgan fingerprint density at radius 1 is 1.03 bits per heavy atom. The normalized spacial score (nSPS) is 20.2. The van der Waals surface area contributed by atoms with E-state index in [1.165, 1.54) is 0 Å². The highest BCUT2D eigenvalue weighted by molar-refractivity contribution is 6.04. The van der Waals surface area contributed by atoms with E-state index in [4.69, 9.17) is 9.15 Å².